The zero-order valence-electron chi connectivity index (χ0n) is 10.1. The summed E-state index contributed by atoms with van der Waals surface area (Å²) in [7, 11) is -4.10. The number of unbranched alkanes of at least 4 members (excludes halogenated alkanes) is 1. The summed E-state index contributed by atoms with van der Waals surface area (Å²) in [4.78, 5) is 9.11. The van der Waals surface area contributed by atoms with Crippen LogP contribution in [0.3, 0.4) is 0 Å². The minimum Gasteiger partial charge on any atom is -0.388 e. The van der Waals surface area contributed by atoms with E-state index in [1.54, 1.807) is 0 Å². The molecule has 0 amide bonds. The molecule has 17 heavy (non-hydrogen) atoms. The molecule has 0 saturated carbocycles. The zero-order chi connectivity index (χ0) is 13.1. The van der Waals surface area contributed by atoms with Crippen LogP contribution in [0.25, 0.3) is 0 Å². The fraction of sp³-hybridized carbons (Fsp3) is 1.00. The Balaban J connectivity index is 3.60. The van der Waals surface area contributed by atoms with Crippen LogP contribution in [-0.4, -0.2) is 49.1 Å². The summed E-state index contributed by atoms with van der Waals surface area (Å²) in [5.74, 6) is 0. The second-order valence-electron chi connectivity index (χ2n) is 3.47. The van der Waals surface area contributed by atoms with Crippen molar-refractivity contribution in [3.05, 3.63) is 0 Å². The van der Waals surface area contributed by atoms with Crippen LogP contribution in [0.4, 0.5) is 0 Å². The number of hydrogen-bond acceptors (Lipinski definition) is 6. The molecule has 0 aromatic heterocycles. The molecule has 0 aromatic carbocycles. The maximum atomic E-state index is 11.2. The van der Waals surface area contributed by atoms with Gasteiger partial charge in [0.05, 0.1) is 19.8 Å². The van der Waals surface area contributed by atoms with Gasteiger partial charge in [0.1, 0.15) is 6.10 Å². The van der Waals surface area contributed by atoms with E-state index in [1.165, 1.54) is 0 Å². The molecule has 0 rings (SSSR count). The van der Waals surface area contributed by atoms with E-state index in [2.05, 4.69) is 9.05 Å². The molecule has 0 radical (unpaired) electrons. The standard InChI is InChI=1S/C9H22NO6P/c1-2-3-5-14-7-9(11)8-16-17(12,13)15-6-4-10/h9,11H,2-8,10H2,1H3,(H,12,13). The molecule has 0 aliphatic rings. The summed E-state index contributed by atoms with van der Waals surface area (Å²) in [5, 5.41) is 9.37. The number of aliphatic hydroxyl groups excluding tert-OH is 1. The molecule has 7 nitrogen and oxygen atoms in total. The quantitative estimate of drug-likeness (QED) is 0.365. The van der Waals surface area contributed by atoms with E-state index in [-0.39, 0.29) is 26.4 Å². The van der Waals surface area contributed by atoms with Crippen molar-refractivity contribution >= 4 is 7.82 Å². The third-order valence-corrected chi connectivity index (χ3v) is 2.74. The molecule has 8 heteroatoms. The first kappa shape index (κ1) is 17.0. The Morgan fingerprint density at radius 2 is 2.00 bits per heavy atom. The highest BCUT2D eigenvalue weighted by atomic mass is 31.2. The lowest BCUT2D eigenvalue weighted by molar-refractivity contribution is 0.00259. The maximum absolute atomic E-state index is 11.2. The number of rotatable bonds is 11. The second kappa shape index (κ2) is 9.96. The molecule has 0 aromatic rings. The van der Waals surface area contributed by atoms with Crippen molar-refractivity contribution in [1.82, 2.24) is 0 Å². The average molecular weight is 271 g/mol. The highest BCUT2D eigenvalue weighted by molar-refractivity contribution is 7.47. The molecule has 104 valence electrons. The van der Waals surface area contributed by atoms with E-state index in [4.69, 9.17) is 15.4 Å². The molecule has 0 saturated heterocycles. The lowest BCUT2D eigenvalue weighted by Gasteiger charge is -2.15. The second-order valence-corrected chi connectivity index (χ2v) is 4.92. The third kappa shape index (κ3) is 10.8. The Morgan fingerprint density at radius 1 is 1.29 bits per heavy atom. The number of ether oxygens (including phenoxy) is 1. The van der Waals surface area contributed by atoms with Gasteiger partial charge in [-0.2, -0.15) is 0 Å². The summed E-state index contributed by atoms with van der Waals surface area (Å²) in [6, 6.07) is 0. The van der Waals surface area contributed by atoms with Crippen LogP contribution in [0.15, 0.2) is 0 Å². The van der Waals surface area contributed by atoms with Crippen LogP contribution < -0.4 is 5.73 Å². The fourth-order valence-corrected chi connectivity index (χ4v) is 1.67. The van der Waals surface area contributed by atoms with Gasteiger partial charge >= 0.3 is 7.82 Å². The Labute approximate surface area is 101 Å². The van der Waals surface area contributed by atoms with Crippen molar-refractivity contribution in [2.75, 3.05) is 33.0 Å². The van der Waals surface area contributed by atoms with Gasteiger partial charge in [0.15, 0.2) is 0 Å². The van der Waals surface area contributed by atoms with Crippen LogP contribution in [0.2, 0.25) is 0 Å². The Morgan fingerprint density at radius 3 is 2.59 bits per heavy atom. The molecule has 0 aliphatic carbocycles. The molecule has 0 bridgehead atoms. The van der Waals surface area contributed by atoms with Crippen LogP contribution in [0, 0.1) is 0 Å². The molecule has 0 fully saturated rings. The van der Waals surface area contributed by atoms with Crippen molar-refractivity contribution in [2.24, 2.45) is 5.73 Å². The van der Waals surface area contributed by atoms with Gasteiger partial charge in [0.25, 0.3) is 0 Å². The zero-order valence-corrected chi connectivity index (χ0v) is 11.0. The van der Waals surface area contributed by atoms with Crippen molar-refractivity contribution in [2.45, 2.75) is 25.9 Å². The summed E-state index contributed by atoms with van der Waals surface area (Å²) in [5.41, 5.74) is 5.10. The van der Waals surface area contributed by atoms with Gasteiger partial charge in [-0.25, -0.2) is 4.57 Å². The summed E-state index contributed by atoms with van der Waals surface area (Å²) < 4.78 is 25.3. The van der Waals surface area contributed by atoms with Gasteiger partial charge in [-0.3, -0.25) is 9.05 Å². The molecule has 2 unspecified atom stereocenters. The normalized spacial score (nSPS) is 16.7. The molecular weight excluding hydrogens is 249 g/mol. The SMILES string of the molecule is CCCCOCC(O)COP(=O)(O)OCCN. The van der Waals surface area contributed by atoms with E-state index < -0.39 is 13.9 Å². The van der Waals surface area contributed by atoms with Gasteiger partial charge in [0, 0.05) is 13.2 Å². The van der Waals surface area contributed by atoms with Crippen molar-refractivity contribution in [3.8, 4) is 0 Å². The molecule has 4 N–H and O–H groups in total. The van der Waals surface area contributed by atoms with Gasteiger partial charge in [-0.15, -0.1) is 0 Å². The summed E-state index contributed by atoms with van der Waals surface area (Å²) in [6.07, 6.45) is 0.964. The smallest absolute Gasteiger partial charge is 0.388 e. The third-order valence-electron chi connectivity index (χ3n) is 1.75. The van der Waals surface area contributed by atoms with Crippen LogP contribution in [0.1, 0.15) is 19.8 Å². The first-order chi connectivity index (χ1) is 8.02. The number of nitrogens with two attached hydrogens (primary N) is 1. The Hall–Kier alpha value is -0.0100. The van der Waals surface area contributed by atoms with E-state index in [0.29, 0.717) is 6.61 Å². The average Bonchev–Trinajstić information content (AvgIpc) is 2.30. The van der Waals surface area contributed by atoms with Crippen molar-refractivity contribution in [3.63, 3.8) is 0 Å². The molecule has 0 aliphatic heterocycles. The van der Waals surface area contributed by atoms with Gasteiger partial charge in [-0.05, 0) is 6.42 Å². The number of hydrogen-bond donors (Lipinski definition) is 3. The maximum Gasteiger partial charge on any atom is 0.472 e. The van der Waals surface area contributed by atoms with E-state index in [0.717, 1.165) is 12.8 Å². The monoisotopic (exact) mass is 271 g/mol. The minimum absolute atomic E-state index is 0.0664. The first-order valence-corrected chi connectivity index (χ1v) is 7.09. The largest absolute Gasteiger partial charge is 0.472 e. The van der Waals surface area contributed by atoms with Gasteiger partial charge < -0.3 is 20.5 Å². The van der Waals surface area contributed by atoms with Crippen LogP contribution in [-0.2, 0) is 18.3 Å². The summed E-state index contributed by atoms with van der Waals surface area (Å²) in [6.45, 7) is 2.38. The predicted octanol–water partition coefficient (Wildman–Crippen LogP) is 0.256. The highest BCUT2D eigenvalue weighted by Gasteiger charge is 2.22. The fourth-order valence-electron chi connectivity index (χ4n) is 0.899. The first-order valence-electron chi connectivity index (χ1n) is 5.59. The highest BCUT2D eigenvalue weighted by Crippen LogP contribution is 2.42. The lowest BCUT2D eigenvalue weighted by atomic mass is 10.3. The van der Waals surface area contributed by atoms with Crippen molar-refractivity contribution in [1.29, 1.82) is 0 Å². The van der Waals surface area contributed by atoms with E-state index >= 15 is 0 Å². The number of phosphoric ester groups is 1. The topological polar surface area (TPSA) is 111 Å². The lowest BCUT2D eigenvalue weighted by Crippen LogP contribution is -2.22. The van der Waals surface area contributed by atoms with Crippen LogP contribution >= 0.6 is 7.82 Å². The predicted molar refractivity (Wildman–Crippen MR) is 62.5 cm³/mol. The van der Waals surface area contributed by atoms with E-state index in [1.807, 2.05) is 6.92 Å². The minimum atomic E-state index is -4.10. The molecule has 2 atom stereocenters. The molecule has 0 spiro atoms. The van der Waals surface area contributed by atoms with E-state index in [9.17, 15) is 9.67 Å². The number of aliphatic hydroxyl groups is 1. The Kier molecular flexibility index (Phi) is 9.96. The molecular formula is C9H22NO6P. The number of phosphoric acid groups is 1. The van der Waals surface area contributed by atoms with Gasteiger partial charge in [0.2, 0.25) is 0 Å². The van der Waals surface area contributed by atoms with Crippen LogP contribution in [0.5, 0.6) is 0 Å². The Bertz CT molecular complexity index is 228. The summed E-state index contributed by atoms with van der Waals surface area (Å²) >= 11 is 0. The molecule has 0 heterocycles. The van der Waals surface area contributed by atoms with Crippen molar-refractivity contribution < 1.29 is 28.3 Å². The van der Waals surface area contributed by atoms with Gasteiger partial charge in [-0.1, -0.05) is 13.3 Å².